The normalized spacial score (nSPS) is 18.7. The number of fused-ring (bicyclic) bond motifs is 1. The monoisotopic (exact) mass is 386 g/mol. The first-order valence-corrected chi connectivity index (χ1v) is 8.57. The maximum absolute atomic E-state index is 12.5. The van der Waals surface area contributed by atoms with E-state index in [4.69, 9.17) is 23.7 Å². The van der Waals surface area contributed by atoms with Crippen LogP contribution in [0.4, 0.5) is 0 Å². The largest absolute Gasteiger partial charge is 0.508 e. The fourth-order valence-electron chi connectivity index (χ4n) is 3.57. The summed E-state index contributed by atoms with van der Waals surface area (Å²) in [5.74, 6) is -1.32. The first-order valence-electron chi connectivity index (χ1n) is 8.57. The van der Waals surface area contributed by atoms with Crippen LogP contribution < -0.4 is 18.9 Å². The summed E-state index contributed by atoms with van der Waals surface area (Å²) in [6.07, 6.45) is 0. The van der Waals surface area contributed by atoms with E-state index in [1.165, 1.54) is 20.3 Å². The maximum atomic E-state index is 12.5. The lowest BCUT2D eigenvalue weighted by atomic mass is 9.78. The number of phenols is 1. The number of methoxy groups -OCH3 is 2. The van der Waals surface area contributed by atoms with Crippen molar-refractivity contribution in [1.29, 1.82) is 0 Å². The summed E-state index contributed by atoms with van der Waals surface area (Å²) in [6, 6.07) is 8.03. The molecule has 2 heterocycles. The molecule has 4 rings (SSSR count). The molecule has 2 aromatic rings. The second-order valence-electron chi connectivity index (χ2n) is 6.40. The Morgan fingerprint density at radius 3 is 2.39 bits per heavy atom. The molecular weight excluding hydrogens is 368 g/mol. The third-order valence-electron chi connectivity index (χ3n) is 4.92. The number of Topliss-reactive ketones (excluding diaryl/α,β-unsaturated/α-hetero) is 1. The van der Waals surface area contributed by atoms with Crippen LogP contribution in [0.15, 0.2) is 30.3 Å². The van der Waals surface area contributed by atoms with Gasteiger partial charge in [-0.05, 0) is 12.1 Å². The van der Waals surface area contributed by atoms with Crippen LogP contribution in [0.25, 0.3) is 0 Å². The Hall–Kier alpha value is -3.42. The predicted octanol–water partition coefficient (Wildman–Crippen LogP) is 2.01. The molecule has 2 atom stereocenters. The molecule has 0 bridgehead atoms. The second kappa shape index (κ2) is 6.95. The molecule has 0 amide bonds. The maximum Gasteiger partial charge on any atom is 0.318 e. The molecule has 2 aliphatic heterocycles. The lowest BCUT2D eigenvalue weighted by Crippen LogP contribution is -2.25. The minimum absolute atomic E-state index is 0.0269. The lowest BCUT2D eigenvalue weighted by Gasteiger charge is -2.24. The summed E-state index contributed by atoms with van der Waals surface area (Å²) in [5, 5.41) is 10.6. The van der Waals surface area contributed by atoms with E-state index in [0.29, 0.717) is 34.1 Å². The van der Waals surface area contributed by atoms with E-state index in [-0.39, 0.29) is 24.9 Å². The van der Waals surface area contributed by atoms with E-state index < -0.39 is 17.8 Å². The van der Waals surface area contributed by atoms with Crippen molar-refractivity contribution in [2.24, 2.45) is 5.92 Å². The Bertz CT molecular complexity index is 935. The molecule has 0 spiro atoms. The third kappa shape index (κ3) is 2.87. The molecular formula is C20H18O8. The molecule has 28 heavy (non-hydrogen) atoms. The SMILES string of the molecule is COc1ccc([C@H](c2cc3c(cc2O)OCO3)[C@@H]2C(=O)COC2=O)c(OC)c1. The van der Waals surface area contributed by atoms with E-state index in [9.17, 15) is 14.7 Å². The Kier molecular flexibility index (Phi) is 4.46. The number of ether oxygens (including phenoxy) is 5. The zero-order valence-electron chi connectivity index (χ0n) is 15.3. The van der Waals surface area contributed by atoms with Gasteiger partial charge >= 0.3 is 5.97 Å². The number of benzene rings is 2. The number of carbonyl (C=O) groups is 2. The van der Waals surface area contributed by atoms with Crippen molar-refractivity contribution in [3.63, 3.8) is 0 Å². The van der Waals surface area contributed by atoms with Gasteiger partial charge in [0.15, 0.2) is 23.9 Å². The Labute approximate surface area is 160 Å². The van der Waals surface area contributed by atoms with Crippen molar-refractivity contribution in [2.45, 2.75) is 5.92 Å². The van der Waals surface area contributed by atoms with Crippen LogP contribution >= 0.6 is 0 Å². The molecule has 1 N–H and O–H groups in total. The van der Waals surface area contributed by atoms with Gasteiger partial charge in [0.05, 0.1) is 14.2 Å². The van der Waals surface area contributed by atoms with Crippen LogP contribution in [0.3, 0.4) is 0 Å². The highest BCUT2D eigenvalue weighted by atomic mass is 16.7. The molecule has 0 radical (unpaired) electrons. The van der Waals surface area contributed by atoms with Gasteiger partial charge in [0.1, 0.15) is 23.2 Å². The van der Waals surface area contributed by atoms with E-state index in [0.717, 1.165) is 0 Å². The van der Waals surface area contributed by atoms with Crippen LogP contribution in [-0.4, -0.2) is 44.5 Å². The zero-order chi connectivity index (χ0) is 19.8. The highest BCUT2D eigenvalue weighted by Crippen LogP contribution is 2.48. The summed E-state index contributed by atoms with van der Waals surface area (Å²) < 4.78 is 26.3. The number of phenolic OH excluding ortho intramolecular Hbond substituents is 1. The first-order chi connectivity index (χ1) is 13.5. The van der Waals surface area contributed by atoms with E-state index in [1.807, 2.05) is 0 Å². The number of cyclic esters (lactones) is 1. The topological polar surface area (TPSA) is 101 Å². The smallest absolute Gasteiger partial charge is 0.318 e. The number of ketones is 1. The minimum atomic E-state index is -1.12. The van der Waals surface area contributed by atoms with E-state index in [1.54, 1.807) is 24.3 Å². The molecule has 2 aromatic carbocycles. The number of aromatic hydroxyl groups is 1. The van der Waals surface area contributed by atoms with Crippen molar-refractivity contribution in [1.82, 2.24) is 0 Å². The number of carbonyl (C=O) groups excluding carboxylic acids is 2. The number of rotatable bonds is 5. The average Bonchev–Trinajstić information content (AvgIpc) is 3.29. The van der Waals surface area contributed by atoms with E-state index >= 15 is 0 Å². The van der Waals surface area contributed by atoms with Crippen LogP contribution in [0.1, 0.15) is 17.0 Å². The molecule has 2 aliphatic rings. The quantitative estimate of drug-likeness (QED) is 0.615. The predicted molar refractivity (Wildman–Crippen MR) is 95.1 cm³/mol. The van der Waals surface area contributed by atoms with Gasteiger partial charge < -0.3 is 28.8 Å². The van der Waals surface area contributed by atoms with Gasteiger partial charge in [0.2, 0.25) is 6.79 Å². The van der Waals surface area contributed by atoms with Gasteiger partial charge in [-0.25, -0.2) is 0 Å². The molecule has 0 aliphatic carbocycles. The fraction of sp³-hybridized carbons (Fsp3) is 0.300. The zero-order valence-corrected chi connectivity index (χ0v) is 15.3. The van der Waals surface area contributed by atoms with Crippen LogP contribution in [0.5, 0.6) is 28.7 Å². The fourth-order valence-corrected chi connectivity index (χ4v) is 3.57. The van der Waals surface area contributed by atoms with E-state index in [2.05, 4.69) is 0 Å². The van der Waals surface area contributed by atoms with Gasteiger partial charge in [-0.15, -0.1) is 0 Å². The Morgan fingerprint density at radius 1 is 1.00 bits per heavy atom. The summed E-state index contributed by atoms with van der Waals surface area (Å²) in [4.78, 5) is 24.9. The molecule has 1 fully saturated rings. The van der Waals surface area contributed by atoms with Crippen molar-refractivity contribution in [2.75, 3.05) is 27.6 Å². The number of hydrogen-bond donors (Lipinski definition) is 1. The molecule has 0 unspecified atom stereocenters. The molecule has 146 valence electrons. The lowest BCUT2D eigenvalue weighted by molar-refractivity contribution is -0.141. The van der Waals surface area contributed by atoms with Crippen molar-refractivity contribution < 1.29 is 38.4 Å². The summed E-state index contributed by atoms with van der Waals surface area (Å²) in [5.41, 5.74) is 0.875. The average molecular weight is 386 g/mol. The summed E-state index contributed by atoms with van der Waals surface area (Å²) in [6.45, 7) is -0.275. The molecule has 0 aromatic heterocycles. The second-order valence-corrected chi connectivity index (χ2v) is 6.40. The third-order valence-corrected chi connectivity index (χ3v) is 4.92. The molecule has 0 saturated carbocycles. The van der Waals surface area contributed by atoms with Gasteiger partial charge in [0, 0.05) is 29.2 Å². The van der Waals surface area contributed by atoms with Crippen LogP contribution in [0, 0.1) is 5.92 Å². The van der Waals surface area contributed by atoms with Crippen LogP contribution in [-0.2, 0) is 14.3 Å². The van der Waals surface area contributed by atoms with Gasteiger partial charge in [0.25, 0.3) is 0 Å². The van der Waals surface area contributed by atoms with Gasteiger partial charge in [-0.2, -0.15) is 0 Å². The molecule has 1 saturated heterocycles. The summed E-state index contributed by atoms with van der Waals surface area (Å²) in [7, 11) is 3.00. The summed E-state index contributed by atoms with van der Waals surface area (Å²) >= 11 is 0. The molecule has 8 nitrogen and oxygen atoms in total. The van der Waals surface area contributed by atoms with Crippen LogP contribution in [0.2, 0.25) is 0 Å². The minimum Gasteiger partial charge on any atom is -0.508 e. The highest BCUT2D eigenvalue weighted by molar-refractivity contribution is 6.06. The Balaban J connectivity index is 1.92. The highest BCUT2D eigenvalue weighted by Gasteiger charge is 2.45. The van der Waals surface area contributed by atoms with Crippen molar-refractivity contribution in [3.8, 4) is 28.7 Å². The molecule has 8 heteroatoms. The number of esters is 1. The standard InChI is InChI=1S/C20H18O8/c1-24-10-3-4-11(15(5-10)25-2)18(19-14(22)8-26-20(19)23)12-6-16-17(7-13(12)21)28-9-27-16/h3-7,18-19,21H,8-9H2,1-2H3/t18-,19+/m1/s1. The van der Waals surface area contributed by atoms with Gasteiger partial charge in [-0.3, -0.25) is 9.59 Å². The van der Waals surface area contributed by atoms with Crippen molar-refractivity contribution in [3.05, 3.63) is 41.5 Å². The van der Waals surface area contributed by atoms with Crippen molar-refractivity contribution >= 4 is 11.8 Å². The van der Waals surface area contributed by atoms with Gasteiger partial charge in [-0.1, -0.05) is 6.07 Å². The Morgan fingerprint density at radius 2 is 1.75 bits per heavy atom. The first kappa shape index (κ1) is 18.0. The number of hydrogen-bond acceptors (Lipinski definition) is 8.